The smallest absolute Gasteiger partial charge is 0.306 e. The quantitative estimate of drug-likeness (QED) is 0.385. The predicted octanol–water partition coefficient (Wildman–Crippen LogP) is 6.20. The van der Waals surface area contributed by atoms with Crippen molar-refractivity contribution in [2.75, 3.05) is 10.6 Å². The number of amides is 2. The molecule has 0 saturated heterocycles. The number of urea groups is 1. The fourth-order valence-electron chi connectivity index (χ4n) is 3.03. The number of nitrogens with zero attached hydrogens (tertiary/aromatic N) is 4. The molecule has 0 aliphatic rings. The summed E-state index contributed by atoms with van der Waals surface area (Å²) in [6.07, 6.45) is 5.06. The maximum atomic E-state index is 12.7. The van der Waals surface area contributed by atoms with Crippen LogP contribution in [0.25, 0.3) is 22.2 Å². The third-order valence-corrected chi connectivity index (χ3v) is 5.45. The Hall–Kier alpha value is -3.16. The molecule has 2 amide bonds. The fourth-order valence-corrected chi connectivity index (χ4v) is 3.38. The molecule has 31 heavy (non-hydrogen) atoms. The lowest BCUT2D eigenvalue weighted by Crippen LogP contribution is -2.22. The van der Waals surface area contributed by atoms with Gasteiger partial charge in [0.1, 0.15) is 12.0 Å². The number of carbonyl (C=O) groups excluding carboxylic acids is 1. The zero-order valence-electron chi connectivity index (χ0n) is 17.1. The highest BCUT2D eigenvalue weighted by molar-refractivity contribution is 6.44. The molecule has 0 aliphatic carbocycles. The van der Waals surface area contributed by atoms with Crippen molar-refractivity contribution < 1.29 is 4.79 Å². The number of fused-ring (bicyclic) bond motifs is 1. The number of aromatic nitrogens is 4. The molecule has 0 spiro atoms. The highest BCUT2D eigenvalue weighted by Gasteiger charge is 2.21. The minimum absolute atomic E-state index is 0.276. The van der Waals surface area contributed by atoms with Crippen molar-refractivity contribution in [1.82, 2.24) is 19.7 Å². The van der Waals surface area contributed by atoms with Crippen LogP contribution < -0.4 is 10.6 Å². The van der Waals surface area contributed by atoms with Crippen molar-refractivity contribution in [2.45, 2.75) is 26.3 Å². The van der Waals surface area contributed by atoms with E-state index in [0.29, 0.717) is 22.1 Å². The van der Waals surface area contributed by atoms with E-state index in [2.05, 4.69) is 20.6 Å². The molecule has 0 fully saturated rings. The number of rotatable bonds is 3. The normalized spacial score (nSPS) is 11.5. The molecule has 158 valence electrons. The summed E-state index contributed by atoms with van der Waals surface area (Å²) in [5, 5.41) is 11.9. The van der Waals surface area contributed by atoms with E-state index in [9.17, 15) is 4.79 Å². The summed E-state index contributed by atoms with van der Waals surface area (Å²) < 4.78 is 1.82. The standard InChI is InChI=1S/C22H20Cl2N6O/c1-22(2,3)30-11-18(28-21(31)27-17-6-4-5-15(23)19(17)24)20(29-30)13-7-8-16-14(9-13)10-25-12-26-16/h4-12H,1-3H3,(H2,27,28,31). The monoisotopic (exact) mass is 454 g/mol. The van der Waals surface area contributed by atoms with Crippen LogP contribution in [-0.2, 0) is 5.54 Å². The lowest BCUT2D eigenvalue weighted by molar-refractivity contribution is 0.262. The van der Waals surface area contributed by atoms with Gasteiger partial charge in [-0.05, 0) is 45.0 Å². The van der Waals surface area contributed by atoms with Crippen LogP contribution in [0.15, 0.2) is 55.1 Å². The van der Waals surface area contributed by atoms with Crippen molar-refractivity contribution >= 4 is 51.5 Å². The van der Waals surface area contributed by atoms with E-state index >= 15 is 0 Å². The SMILES string of the molecule is CC(C)(C)n1cc(NC(=O)Nc2cccc(Cl)c2Cl)c(-c2ccc3ncncc3c2)n1. The van der Waals surface area contributed by atoms with Gasteiger partial charge in [0.25, 0.3) is 0 Å². The molecule has 2 N–H and O–H groups in total. The van der Waals surface area contributed by atoms with Gasteiger partial charge in [-0.25, -0.2) is 14.8 Å². The Labute approximate surface area is 189 Å². The molecule has 2 aromatic carbocycles. The van der Waals surface area contributed by atoms with Gasteiger partial charge in [0, 0.05) is 23.3 Å². The summed E-state index contributed by atoms with van der Waals surface area (Å²) in [7, 11) is 0. The zero-order valence-corrected chi connectivity index (χ0v) is 18.7. The highest BCUT2D eigenvalue weighted by atomic mass is 35.5. The fraction of sp³-hybridized carbons (Fsp3) is 0.182. The van der Waals surface area contributed by atoms with Crippen molar-refractivity contribution in [3.8, 4) is 11.3 Å². The Balaban J connectivity index is 1.70. The van der Waals surface area contributed by atoms with Crippen LogP contribution in [0.4, 0.5) is 16.2 Å². The van der Waals surface area contributed by atoms with Crippen LogP contribution in [0.2, 0.25) is 10.0 Å². The van der Waals surface area contributed by atoms with Crippen molar-refractivity contribution in [2.24, 2.45) is 0 Å². The molecule has 4 aromatic rings. The molecule has 4 rings (SSSR count). The molecule has 2 aromatic heterocycles. The number of halogens is 2. The number of anilines is 2. The van der Waals surface area contributed by atoms with Gasteiger partial charge in [-0.1, -0.05) is 35.3 Å². The Bertz CT molecular complexity index is 1280. The van der Waals surface area contributed by atoms with Crippen molar-refractivity contribution in [1.29, 1.82) is 0 Å². The number of carbonyl (C=O) groups is 1. The number of hydrogen-bond donors (Lipinski definition) is 2. The van der Waals surface area contributed by atoms with Gasteiger partial charge in [0.05, 0.1) is 32.5 Å². The average molecular weight is 455 g/mol. The first-order chi connectivity index (χ1) is 14.7. The lowest BCUT2D eigenvalue weighted by Gasteiger charge is -2.18. The van der Waals surface area contributed by atoms with E-state index in [1.54, 1.807) is 30.6 Å². The van der Waals surface area contributed by atoms with Gasteiger partial charge in [-0.3, -0.25) is 4.68 Å². The number of benzene rings is 2. The van der Waals surface area contributed by atoms with Crippen LogP contribution >= 0.6 is 23.2 Å². The molecule has 0 unspecified atom stereocenters. The van der Waals surface area contributed by atoms with E-state index in [4.69, 9.17) is 28.3 Å². The van der Waals surface area contributed by atoms with E-state index < -0.39 is 6.03 Å². The van der Waals surface area contributed by atoms with Crippen LogP contribution in [0.1, 0.15) is 20.8 Å². The predicted molar refractivity (Wildman–Crippen MR) is 125 cm³/mol. The Morgan fingerprint density at radius 2 is 1.84 bits per heavy atom. The van der Waals surface area contributed by atoms with E-state index in [0.717, 1.165) is 16.5 Å². The molecular weight excluding hydrogens is 435 g/mol. The van der Waals surface area contributed by atoms with Crippen LogP contribution in [0, 0.1) is 0 Å². The van der Waals surface area contributed by atoms with E-state index in [1.807, 2.05) is 43.7 Å². The molecule has 0 saturated carbocycles. The number of hydrogen-bond acceptors (Lipinski definition) is 4. The summed E-state index contributed by atoms with van der Waals surface area (Å²) in [6, 6.07) is 10.4. The van der Waals surface area contributed by atoms with Gasteiger partial charge < -0.3 is 10.6 Å². The first-order valence-electron chi connectivity index (χ1n) is 9.55. The first kappa shape index (κ1) is 21.1. The number of nitrogens with one attached hydrogen (secondary N) is 2. The van der Waals surface area contributed by atoms with Gasteiger partial charge in [0.2, 0.25) is 0 Å². The third kappa shape index (κ3) is 4.47. The Morgan fingerprint density at radius 1 is 1.06 bits per heavy atom. The van der Waals surface area contributed by atoms with Crippen LogP contribution in [-0.4, -0.2) is 25.8 Å². The summed E-state index contributed by atoms with van der Waals surface area (Å²) in [5.74, 6) is 0. The second-order valence-corrected chi connectivity index (χ2v) is 8.77. The summed E-state index contributed by atoms with van der Waals surface area (Å²) in [5.41, 5.74) is 2.99. The Morgan fingerprint density at radius 3 is 2.61 bits per heavy atom. The molecule has 0 radical (unpaired) electrons. The molecule has 0 atom stereocenters. The zero-order chi connectivity index (χ0) is 22.2. The van der Waals surface area contributed by atoms with Crippen LogP contribution in [0.3, 0.4) is 0 Å². The maximum Gasteiger partial charge on any atom is 0.323 e. The Kier molecular flexibility index (Phi) is 5.56. The van der Waals surface area contributed by atoms with Crippen molar-refractivity contribution in [3.63, 3.8) is 0 Å². The van der Waals surface area contributed by atoms with E-state index in [-0.39, 0.29) is 10.6 Å². The first-order valence-corrected chi connectivity index (χ1v) is 10.3. The molecule has 7 nitrogen and oxygen atoms in total. The summed E-state index contributed by atoms with van der Waals surface area (Å²) in [6.45, 7) is 6.11. The maximum absolute atomic E-state index is 12.7. The largest absolute Gasteiger partial charge is 0.323 e. The molecule has 0 bridgehead atoms. The van der Waals surface area contributed by atoms with Gasteiger partial charge in [-0.2, -0.15) is 5.10 Å². The molecule has 0 aliphatic heterocycles. The van der Waals surface area contributed by atoms with Gasteiger partial charge in [0.15, 0.2) is 0 Å². The van der Waals surface area contributed by atoms with E-state index in [1.165, 1.54) is 6.33 Å². The average Bonchev–Trinajstić information content (AvgIpc) is 3.15. The lowest BCUT2D eigenvalue weighted by atomic mass is 10.1. The summed E-state index contributed by atoms with van der Waals surface area (Å²) in [4.78, 5) is 21.1. The van der Waals surface area contributed by atoms with Gasteiger partial charge >= 0.3 is 6.03 Å². The second-order valence-electron chi connectivity index (χ2n) is 7.98. The molecular formula is C22H20Cl2N6O. The molecule has 9 heteroatoms. The van der Waals surface area contributed by atoms with Crippen molar-refractivity contribution in [3.05, 3.63) is 65.2 Å². The topological polar surface area (TPSA) is 84.7 Å². The minimum atomic E-state index is -0.456. The second kappa shape index (κ2) is 8.17. The van der Waals surface area contributed by atoms with Gasteiger partial charge in [-0.15, -0.1) is 0 Å². The molecule has 2 heterocycles. The summed E-state index contributed by atoms with van der Waals surface area (Å²) >= 11 is 12.2. The van der Waals surface area contributed by atoms with Crippen LogP contribution in [0.5, 0.6) is 0 Å². The highest BCUT2D eigenvalue weighted by Crippen LogP contribution is 2.32. The third-order valence-electron chi connectivity index (χ3n) is 4.63. The minimum Gasteiger partial charge on any atom is -0.306 e.